The van der Waals surface area contributed by atoms with Gasteiger partial charge < -0.3 is 9.72 Å². The number of rotatable bonds is 5. The van der Waals surface area contributed by atoms with E-state index >= 15 is 0 Å². The highest BCUT2D eigenvalue weighted by Crippen LogP contribution is 2.34. The molecule has 0 aliphatic carbocycles. The molecule has 128 valence electrons. The molecule has 0 radical (unpaired) electrons. The highest BCUT2D eigenvalue weighted by Gasteiger charge is 2.28. The fourth-order valence-electron chi connectivity index (χ4n) is 2.60. The molecule has 2 aromatic carbocycles. The van der Waals surface area contributed by atoms with Crippen LogP contribution in [0.25, 0.3) is 11.1 Å². The van der Waals surface area contributed by atoms with Crippen LogP contribution in [0.3, 0.4) is 0 Å². The number of carbonyl (C=O) groups is 1. The van der Waals surface area contributed by atoms with Crippen LogP contribution in [0.2, 0.25) is 0 Å². The van der Waals surface area contributed by atoms with Gasteiger partial charge in [-0.05, 0) is 24.6 Å². The van der Waals surface area contributed by atoms with Crippen LogP contribution in [-0.4, -0.2) is 26.0 Å². The van der Waals surface area contributed by atoms with Crippen molar-refractivity contribution in [1.29, 1.82) is 0 Å². The molecule has 6 heteroatoms. The molecule has 1 N–H and O–H groups in total. The lowest BCUT2D eigenvalue weighted by atomic mass is 10.1. The number of nitrogens with one attached hydrogen (secondary N) is 1. The van der Waals surface area contributed by atoms with Crippen molar-refractivity contribution in [3.05, 3.63) is 72.6 Å². The quantitative estimate of drug-likeness (QED) is 0.708. The summed E-state index contributed by atoms with van der Waals surface area (Å²) in [6.07, 6.45) is 1.34. The van der Waals surface area contributed by atoms with Crippen LogP contribution in [0, 0.1) is 0 Å². The molecule has 0 aliphatic rings. The topological polar surface area (TPSA) is 76.2 Å². The summed E-state index contributed by atoms with van der Waals surface area (Å²) in [4.78, 5) is 15.3. The molecule has 3 rings (SSSR count). The lowest BCUT2D eigenvalue weighted by Gasteiger charge is -2.09. The van der Waals surface area contributed by atoms with Gasteiger partial charge in [0.05, 0.1) is 16.4 Å². The van der Waals surface area contributed by atoms with E-state index in [1.165, 1.54) is 18.3 Å². The Bertz CT molecular complexity index is 977. The summed E-state index contributed by atoms with van der Waals surface area (Å²) in [5.41, 5.74) is 1.08. The van der Waals surface area contributed by atoms with E-state index < -0.39 is 15.8 Å². The van der Waals surface area contributed by atoms with Crippen LogP contribution in [0.15, 0.2) is 76.7 Å². The van der Waals surface area contributed by atoms with E-state index in [9.17, 15) is 13.2 Å². The second-order valence-electron chi connectivity index (χ2n) is 5.31. The molecule has 0 saturated heterocycles. The number of aromatic nitrogens is 1. The lowest BCUT2D eigenvalue weighted by Crippen LogP contribution is -2.08. The molecule has 0 saturated carbocycles. The minimum atomic E-state index is -3.78. The number of esters is 1. The molecule has 25 heavy (non-hydrogen) atoms. The fourth-order valence-corrected chi connectivity index (χ4v) is 4.07. The van der Waals surface area contributed by atoms with Crippen molar-refractivity contribution in [2.45, 2.75) is 16.7 Å². The SMILES string of the molecule is CCOC(=O)c1[nH]cc(S(=O)(=O)c2ccccc2)c1-c1ccccc1. The maximum absolute atomic E-state index is 13.0. The van der Waals surface area contributed by atoms with Crippen LogP contribution in [-0.2, 0) is 14.6 Å². The van der Waals surface area contributed by atoms with Crippen LogP contribution >= 0.6 is 0 Å². The molecule has 0 atom stereocenters. The molecule has 0 unspecified atom stereocenters. The third-order valence-corrected chi connectivity index (χ3v) is 5.52. The number of benzene rings is 2. The first-order chi connectivity index (χ1) is 12.1. The third-order valence-electron chi connectivity index (χ3n) is 3.73. The zero-order valence-electron chi connectivity index (χ0n) is 13.6. The number of H-pyrrole nitrogens is 1. The van der Waals surface area contributed by atoms with Crippen molar-refractivity contribution in [2.24, 2.45) is 0 Å². The summed E-state index contributed by atoms with van der Waals surface area (Å²) >= 11 is 0. The van der Waals surface area contributed by atoms with Gasteiger partial charge in [-0.3, -0.25) is 0 Å². The van der Waals surface area contributed by atoms with Crippen LogP contribution in [0.1, 0.15) is 17.4 Å². The minimum absolute atomic E-state index is 0.0490. The normalized spacial score (nSPS) is 11.2. The number of ether oxygens (including phenoxy) is 1. The standard InChI is InChI=1S/C19H17NO4S/c1-2-24-19(21)18-17(14-9-5-3-6-10-14)16(13-20-18)25(22,23)15-11-7-4-8-12-15/h3-13,20H,2H2,1H3. The minimum Gasteiger partial charge on any atom is -0.461 e. The van der Waals surface area contributed by atoms with Gasteiger partial charge in [-0.1, -0.05) is 48.5 Å². The van der Waals surface area contributed by atoms with Crippen LogP contribution < -0.4 is 0 Å². The molecule has 1 aromatic heterocycles. The summed E-state index contributed by atoms with van der Waals surface area (Å²) in [7, 11) is -3.78. The summed E-state index contributed by atoms with van der Waals surface area (Å²) in [5, 5.41) is 0. The number of sulfone groups is 1. The molecule has 0 amide bonds. The Morgan fingerprint density at radius 1 is 1.00 bits per heavy atom. The van der Waals surface area contributed by atoms with Gasteiger partial charge >= 0.3 is 5.97 Å². The van der Waals surface area contributed by atoms with Crippen molar-refractivity contribution in [2.75, 3.05) is 6.61 Å². The largest absolute Gasteiger partial charge is 0.461 e. The van der Waals surface area contributed by atoms with Gasteiger partial charge in [0.2, 0.25) is 9.84 Å². The van der Waals surface area contributed by atoms with E-state index in [4.69, 9.17) is 4.74 Å². The zero-order chi connectivity index (χ0) is 17.9. The number of hydrogen-bond acceptors (Lipinski definition) is 4. The Kier molecular flexibility index (Phi) is 4.72. The first-order valence-corrected chi connectivity index (χ1v) is 9.28. The van der Waals surface area contributed by atoms with Crippen molar-refractivity contribution in [3.8, 4) is 11.1 Å². The van der Waals surface area contributed by atoms with Crippen molar-refractivity contribution < 1.29 is 17.9 Å². The van der Waals surface area contributed by atoms with Crippen LogP contribution in [0.5, 0.6) is 0 Å². The van der Waals surface area contributed by atoms with E-state index in [2.05, 4.69) is 4.98 Å². The summed E-state index contributed by atoms with van der Waals surface area (Å²) in [6.45, 7) is 1.90. The Morgan fingerprint density at radius 3 is 2.20 bits per heavy atom. The van der Waals surface area contributed by atoms with Gasteiger partial charge in [-0.2, -0.15) is 0 Å². The van der Waals surface area contributed by atoms with E-state index in [1.807, 2.05) is 6.07 Å². The molecule has 0 aliphatic heterocycles. The summed E-state index contributed by atoms with van der Waals surface area (Å²) < 4.78 is 31.2. The van der Waals surface area contributed by atoms with E-state index in [0.717, 1.165) is 0 Å². The summed E-state index contributed by atoms with van der Waals surface area (Å²) in [6, 6.07) is 17.0. The third kappa shape index (κ3) is 3.21. The van der Waals surface area contributed by atoms with Crippen molar-refractivity contribution in [1.82, 2.24) is 4.98 Å². The maximum atomic E-state index is 13.0. The Labute approximate surface area is 146 Å². The molecule has 0 spiro atoms. The van der Waals surface area contributed by atoms with E-state index in [1.54, 1.807) is 49.4 Å². The monoisotopic (exact) mass is 355 g/mol. The smallest absolute Gasteiger partial charge is 0.355 e. The Balaban J connectivity index is 2.23. The highest BCUT2D eigenvalue weighted by molar-refractivity contribution is 7.91. The number of hydrogen-bond donors (Lipinski definition) is 1. The van der Waals surface area contributed by atoms with E-state index in [-0.39, 0.29) is 22.1 Å². The van der Waals surface area contributed by atoms with Crippen molar-refractivity contribution >= 4 is 15.8 Å². The van der Waals surface area contributed by atoms with Gasteiger partial charge in [-0.25, -0.2) is 13.2 Å². The first-order valence-electron chi connectivity index (χ1n) is 7.79. The molecule has 3 aromatic rings. The van der Waals surface area contributed by atoms with Gasteiger partial charge in [0, 0.05) is 11.8 Å². The number of aromatic amines is 1. The predicted molar refractivity (Wildman–Crippen MR) is 94.1 cm³/mol. The second kappa shape index (κ2) is 6.94. The molecule has 1 heterocycles. The van der Waals surface area contributed by atoms with E-state index in [0.29, 0.717) is 11.1 Å². The molecule has 0 fully saturated rings. The van der Waals surface area contributed by atoms with Crippen molar-refractivity contribution in [3.63, 3.8) is 0 Å². The average molecular weight is 355 g/mol. The molecular formula is C19H17NO4S. The van der Waals surface area contributed by atoms with Gasteiger partial charge in [0.25, 0.3) is 0 Å². The molecule has 5 nitrogen and oxygen atoms in total. The maximum Gasteiger partial charge on any atom is 0.355 e. The Hall–Kier alpha value is -2.86. The van der Waals surface area contributed by atoms with Crippen LogP contribution in [0.4, 0.5) is 0 Å². The number of carbonyl (C=O) groups excluding carboxylic acids is 1. The summed E-state index contributed by atoms with van der Waals surface area (Å²) in [5.74, 6) is -0.587. The Morgan fingerprint density at radius 2 is 1.60 bits per heavy atom. The highest BCUT2D eigenvalue weighted by atomic mass is 32.2. The van der Waals surface area contributed by atoms with Gasteiger partial charge in [0.15, 0.2) is 0 Å². The average Bonchev–Trinajstić information content (AvgIpc) is 3.09. The van der Waals surface area contributed by atoms with Gasteiger partial charge in [-0.15, -0.1) is 0 Å². The van der Waals surface area contributed by atoms with Gasteiger partial charge in [0.1, 0.15) is 5.69 Å². The lowest BCUT2D eigenvalue weighted by molar-refractivity contribution is 0.0521. The molecule has 0 bridgehead atoms. The molecular weight excluding hydrogens is 338 g/mol. The fraction of sp³-hybridized carbons (Fsp3) is 0.105. The second-order valence-corrected chi connectivity index (χ2v) is 7.22. The zero-order valence-corrected chi connectivity index (χ0v) is 14.4. The first kappa shape index (κ1) is 17.0. The predicted octanol–water partition coefficient (Wildman–Crippen LogP) is 3.69.